The van der Waals surface area contributed by atoms with E-state index in [-0.39, 0.29) is 19.1 Å². The fourth-order valence-electron chi connectivity index (χ4n) is 1.63. The Labute approximate surface area is 93.8 Å². The monoisotopic (exact) mass is 231 g/mol. The maximum atomic E-state index is 11.8. The molecule has 1 amide bonds. The summed E-state index contributed by atoms with van der Waals surface area (Å²) in [6.45, 7) is 0.875. The Morgan fingerprint density at radius 1 is 1.38 bits per heavy atom. The molecule has 0 radical (unpaired) electrons. The first-order valence-corrected chi connectivity index (χ1v) is 5.23. The molecule has 0 aromatic carbocycles. The summed E-state index contributed by atoms with van der Waals surface area (Å²) in [5, 5.41) is 17.5. The lowest BCUT2D eigenvalue weighted by Crippen LogP contribution is -2.37. The van der Waals surface area contributed by atoms with Gasteiger partial charge in [0, 0.05) is 20.2 Å². The van der Waals surface area contributed by atoms with E-state index in [0.717, 1.165) is 0 Å². The number of amides is 1. The van der Waals surface area contributed by atoms with Gasteiger partial charge in [0.2, 0.25) is 5.91 Å². The van der Waals surface area contributed by atoms with Crippen LogP contribution in [0.5, 0.6) is 0 Å². The van der Waals surface area contributed by atoms with Crippen LogP contribution in [0, 0.1) is 11.8 Å². The van der Waals surface area contributed by atoms with Crippen LogP contribution in [0.2, 0.25) is 0 Å². The second kappa shape index (κ2) is 5.81. The zero-order valence-electron chi connectivity index (χ0n) is 9.26. The molecule has 0 aliphatic heterocycles. The third-order valence-electron chi connectivity index (χ3n) is 2.67. The van der Waals surface area contributed by atoms with Crippen LogP contribution in [0.1, 0.15) is 6.42 Å². The maximum Gasteiger partial charge on any atom is 0.307 e. The van der Waals surface area contributed by atoms with E-state index in [9.17, 15) is 9.59 Å². The Hall–Kier alpha value is -1.14. The van der Waals surface area contributed by atoms with Crippen LogP contribution < -0.4 is 0 Å². The third-order valence-corrected chi connectivity index (χ3v) is 2.67. The number of carbonyl (C=O) groups excluding carboxylic acids is 1. The summed E-state index contributed by atoms with van der Waals surface area (Å²) >= 11 is 0. The van der Waals surface area contributed by atoms with Crippen molar-refractivity contribution < 1.29 is 24.5 Å². The minimum Gasteiger partial charge on any atom is -0.481 e. The van der Waals surface area contributed by atoms with Crippen LogP contribution in [0.3, 0.4) is 0 Å². The van der Waals surface area contributed by atoms with Gasteiger partial charge in [-0.15, -0.1) is 0 Å². The van der Waals surface area contributed by atoms with Crippen molar-refractivity contribution in [2.45, 2.75) is 6.42 Å². The third kappa shape index (κ3) is 3.18. The van der Waals surface area contributed by atoms with Crippen molar-refractivity contribution in [1.82, 2.24) is 4.90 Å². The van der Waals surface area contributed by atoms with Gasteiger partial charge < -0.3 is 19.8 Å². The van der Waals surface area contributed by atoms with Gasteiger partial charge in [0.1, 0.15) is 0 Å². The number of aliphatic hydroxyl groups is 1. The molecule has 0 aromatic heterocycles. The highest BCUT2D eigenvalue weighted by molar-refractivity contribution is 5.89. The van der Waals surface area contributed by atoms with Gasteiger partial charge in [-0.3, -0.25) is 9.59 Å². The van der Waals surface area contributed by atoms with Crippen LogP contribution in [-0.4, -0.2) is 60.4 Å². The standard InChI is InChI=1S/C10H17NO5/c1-16-5-3-11(2-4-12)9(13)7-6-8(7)10(14)15/h7-8,12H,2-6H2,1H3,(H,14,15). The van der Waals surface area contributed by atoms with Crippen molar-refractivity contribution in [2.24, 2.45) is 11.8 Å². The van der Waals surface area contributed by atoms with Crippen LogP contribution in [0.4, 0.5) is 0 Å². The Morgan fingerprint density at radius 2 is 2.06 bits per heavy atom. The summed E-state index contributed by atoms with van der Waals surface area (Å²) in [5.74, 6) is -2.08. The first-order chi connectivity index (χ1) is 7.61. The number of carboxylic acid groups (broad SMARTS) is 1. The quantitative estimate of drug-likeness (QED) is 0.597. The molecule has 2 unspecified atom stereocenters. The highest BCUT2D eigenvalue weighted by atomic mass is 16.5. The minimum atomic E-state index is -0.922. The van der Waals surface area contributed by atoms with Gasteiger partial charge in [0.05, 0.1) is 25.0 Å². The predicted molar refractivity (Wildman–Crippen MR) is 54.8 cm³/mol. The van der Waals surface area contributed by atoms with Crippen LogP contribution in [0.25, 0.3) is 0 Å². The second-order valence-electron chi connectivity index (χ2n) is 3.83. The van der Waals surface area contributed by atoms with Crippen molar-refractivity contribution >= 4 is 11.9 Å². The SMILES string of the molecule is COCCN(CCO)C(=O)C1CC1C(=O)O. The highest BCUT2D eigenvalue weighted by Crippen LogP contribution is 2.39. The van der Waals surface area contributed by atoms with Crippen molar-refractivity contribution in [1.29, 1.82) is 0 Å². The molecule has 16 heavy (non-hydrogen) atoms. The molecule has 6 heteroatoms. The lowest BCUT2D eigenvalue weighted by molar-refractivity contribution is -0.142. The van der Waals surface area contributed by atoms with Gasteiger partial charge in [-0.2, -0.15) is 0 Å². The molecule has 1 fully saturated rings. The van der Waals surface area contributed by atoms with E-state index >= 15 is 0 Å². The van der Waals surface area contributed by atoms with E-state index < -0.39 is 17.8 Å². The Bertz CT molecular complexity index is 268. The Morgan fingerprint density at radius 3 is 2.50 bits per heavy atom. The van der Waals surface area contributed by atoms with Crippen molar-refractivity contribution in [3.8, 4) is 0 Å². The lowest BCUT2D eigenvalue weighted by atomic mass is 10.2. The van der Waals surface area contributed by atoms with Gasteiger partial charge >= 0.3 is 5.97 Å². The molecule has 2 atom stereocenters. The van der Waals surface area contributed by atoms with Crippen molar-refractivity contribution in [3.05, 3.63) is 0 Å². The molecule has 1 saturated carbocycles. The number of aliphatic hydroxyl groups excluding tert-OH is 1. The largest absolute Gasteiger partial charge is 0.481 e. The highest BCUT2D eigenvalue weighted by Gasteiger charge is 2.49. The molecule has 2 N–H and O–H groups in total. The average molecular weight is 231 g/mol. The molecule has 0 spiro atoms. The van der Waals surface area contributed by atoms with E-state index in [1.54, 1.807) is 0 Å². The fraction of sp³-hybridized carbons (Fsp3) is 0.800. The summed E-state index contributed by atoms with van der Waals surface area (Å²) in [6, 6.07) is 0. The lowest BCUT2D eigenvalue weighted by Gasteiger charge is -2.21. The molecule has 1 rings (SSSR count). The summed E-state index contributed by atoms with van der Waals surface area (Å²) < 4.78 is 4.85. The summed E-state index contributed by atoms with van der Waals surface area (Å²) in [7, 11) is 1.53. The average Bonchev–Trinajstić information content (AvgIpc) is 3.03. The van der Waals surface area contributed by atoms with E-state index in [0.29, 0.717) is 19.6 Å². The van der Waals surface area contributed by atoms with Crippen LogP contribution in [-0.2, 0) is 14.3 Å². The molecular formula is C10H17NO5. The first-order valence-electron chi connectivity index (χ1n) is 5.23. The number of ether oxygens (including phenoxy) is 1. The number of carbonyl (C=O) groups is 2. The fourth-order valence-corrected chi connectivity index (χ4v) is 1.63. The van der Waals surface area contributed by atoms with Crippen molar-refractivity contribution in [2.75, 3.05) is 33.4 Å². The van der Waals surface area contributed by atoms with E-state index in [1.807, 2.05) is 0 Å². The molecule has 0 bridgehead atoms. The number of carboxylic acids is 1. The smallest absolute Gasteiger partial charge is 0.307 e. The van der Waals surface area contributed by atoms with Crippen LogP contribution in [0.15, 0.2) is 0 Å². The molecule has 1 aliphatic rings. The van der Waals surface area contributed by atoms with Gasteiger partial charge in [-0.1, -0.05) is 0 Å². The number of hydrogen-bond donors (Lipinski definition) is 2. The number of nitrogens with zero attached hydrogens (tertiary/aromatic N) is 1. The number of methoxy groups -OCH3 is 1. The number of rotatable bonds is 7. The van der Waals surface area contributed by atoms with E-state index in [2.05, 4.69) is 0 Å². The van der Waals surface area contributed by atoms with Gasteiger partial charge in [0.15, 0.2) is 0 Å². The number of hydrogen-bond acceptors (Lipinski definition) is 4. The van der Waals surface area contributed by atoms with Gasteiger partial charge in [-0.25, -0.2) is 0 Å². The summed E-state index contributed by atoms with van der Waals surface area (Å²) in [4.78, 5) is 23.9. The molecule has 0 saturated heterocycles. The predicted octanol–water partition coefficient (Wildman–Crippen LogP) is -0.826. The Balaban J connectivity index is 2.45. The molecule has 92 valence electrons. The molecule has 0 aromatic rings. The summed E-state index contributed by atoms with van der Waals surface area (Å²) in [5.41, 5.74) is 0. The second-order valence-corrected chi connectivity index (χ2v) is 3.83. The molecule has 6 nitrogen and oxygen atoms in total. The zero-order chi connectivity index (χ0) is 12.1. The molecular weight excluding hydrogens is 214 g/mol. The normalized spacial score (nSPS) is 22.9. The van der Waals surface area contributed by atoms with Gasteiger partial charge in [-0.05, 0) is 6.42 Å². The summed E-state index contributed by atoms with van der Waals surface area (Å²) in [6.07, 6.45) is 0.406. The zero-order valence-corrected chi connectivity index (χ0v) is 9.26. The van der Waals surface area contributed by atoms with Crippen LogP contribution >= 0.6 is 0 Å². The maximum absolute atomic E-state index is 11.8. The Kier molecular flexibility index (Phi) is 4.70. The molecule has 0 heterocycles. The topological polar surface area (TPSA) is 87.1 Å². The first kappa shape index (κ1) is 12.9. The van der Waals surface area contributed by atoms with Crippen molar-refractivity contribution in [3.63, 3.8) is 0 Å². The molecule has 1 aliphatic carbocycles. The van der Waals surface area contributed by atoms with Gasteiger partial charge in [0.25, 0.3) is 0 Å². The minimum absolute atomic E-state index is 0.125. The van der Waals surface area contributed by atoms with E-state index in [1.165, 1.54) is 12.0 Å². The van der Waals surface area contributed by atoms with E-state index in [4.69, 9.17) is 14.9 Å². The number of aliphatic carboxylic acids is 1.